The zero-order valence-electron chi connectivity index (χ0n) is 19.7. The molecule has 0 heterocycles. The molecule has 3 rings (SSSR count). The predicted octanol–water partition coefficient (Wildman–Crippen LogP) is 6.81. The van der Waals surface area contributed by atoms with Gasteiger partial charge in [0.1, 0.15) is 17.4 Å². The predicted molar refractivity (Wildman–Crippen MR) is 127 cm³/mol. The maximum Gasteiger partial charge on any atom is 0.345 e. The van der Waals surface area contributed by atoms with Crippen molar-refractivity contribution in [1.29, 1.82) is 0 Å². The zero-order valence-corrected chi connectivity index (χ0v) is 19.7. The lowest BCUT2D eigenvalue weighted by molar-refractivity contribution is -0.147. The van der Waals surface area contributed by atoms with Crippen LogP contribution in [-0.2, 0) is 4.79 Å². The Bertz CT molecular complexity index is 1190. The molecule has 6 heteroatoms. The van der Waals surface area contributed by atoms with Crippen molar-refractivity contribution in [3.05, 3.63) is 76.9 Å². The molecule has 0 spiro atoms. The van der Waals surface area contributed by atoms with Crippen LogP contribution in [0.5, 0.6) is 5.75 Å². The molecule has 0 aliphatic rings. The van der Waals surface area contributed by atoms with Crippen LogP contribution in [0.25, 0.3) is 11.1 Å². The van der Waals surface area contributed by atoms with Crippen molar-refractivity contribution in [1.82, 2.24) is 0 Å². The highest BCUT2D eigenvalue weighted by Crippen LogP contribution is 2.39. The smallest absolute Gasteiger partial charge is 0.345 e. The topological polar surface area (TPSA) is 49.8 Å². The second kappa shape index (κ2) is 9.61. The van der Waals surface area contributed by atoms with Gasteiger partial charge >= 0.3 is 5.97 Å². The maximum atomic E-state index is 14.9. The first kappa shape index (κ1) is 24.2. The number of ether oxygens (including phenoxy) is 1. The van der Waals surface area contributed by atoms with Crippen molar-refractivity contribution >= 4 is 17.3 Å². The molecular weight excluding hydrogens is 424 g/mol. The molecule has 0 aromatic heterocycles. The molecule has 0 bridgehead atoms. The number of carbonyl (C=O) groups is 1. The number of hydrogen-bond donors (Lipinski definition) is 1. The first-order valence-corrected chi connectivity index (χ1v) is 10.8. The Balaban J connectivity index is 2.10. The van der Waals surface area contributed by atoms with E-state index in [1.807, 2.05) is 37.9 Å². The van der Waals surface area contributed by atoms with Crippen LogP contribution in [-0.4, -0.2) is 24.2 Å². The van der Waals surface area contributed by atoms with E-state index in [0.717, 1.165) is 16.8 Å². The van der Waals surface area contributed by atoms with E-state index in [1.54, 1.807) is 39.0 Å². The van der Waals surface area contributed by atoms with E-state index in [0.29, 0.717) is 28.1 Å². The molecule has 0 aliphatic heterocycles. The normalized spacial score (nSPS) is 12.0. The Kier molecular flexibility index (Phi) is 7.06. The Morgan fingerprint density at radius 2 is 1.67 bits per heavy atom. The van der Waals surface area contributed by atoms with Crippen LogP contribution in [0.15, 0.2) is 48.5 Å². The van der Waals surface area contributed by atoms with Gasteiger partial charge in [0, 0.05) is 29.8 Å². The van der Waals surface area contributed by atoms with Gasteiger partial charge in [-0.3, -0.25) is 0 Å². The SMILES string of the molecule is Cc1ccc(OC(C(=O)O)C(C)C)c(C)c1N(C)c1cc(-c2cccc(F)c2)cc(F)c1C. The molecule has 0 aliphatic carbocycles. The minimum absolute atomic E-state index is 0.219. The standard InChI is InChI=1S/C27H29F2NO3/c1-15(2)26(27(31)32)33-24-11-10-16(3)25(18(24)5)30(6)23-14-20(13-22(29)17(23)4)19-8-7-9-21(28)12-19/h7-15,26H,1-6H3,(H,31,32). The van der Waals surface area contributed by atoms with E-state index in [-0.39, 0.29) is 5.92 Å². The average molecular weight is 454 g/mol. The molecule has 3 aromatic carbocycles. The number of aryl methyl sites for hydroxylation is 1. The number of halogens is 2. The van der Waals surface area contributed by atoms with E-state index in [4.69, 9.17) is 4.74 Å². The number of rotatable bonds is 7. The molecule has 0 amide bonds. The van der Waals surface area contributed by atoms with Gasteiger partial charge in [0.15, 0.2) is 6.10 Å². The average Bonchev–Trinajstić information content (AvgIpc) is 2.74. The molecule has 1 unspecified atom stereocenters. The molecule has 0 fully saturated rings. The number of nitrogens with zero attached hydrogens (tertiary/aromatic N) is 1. The van der Waals surface area contributed by atoms with E-state index >= 15 is 0 Å². The van der Waals surface area contributed by atoms with Crippen molar-refractivity contribution in [3.8, 4) is 16.9 Å². The van der Waals surface area contributed by atoms with Crippen LogP contribution in [0.3, 0.4) is 0 Å². The number of benzene rings is 3. The molecule has 1 N–H and O–H groups in total. The number of carboxylic acid groups (broad SMARTS) is 1. The van der Waals surface area contributed by atoms with E-state index in [9.17, 15) is 18.7 Å². The summed E-state index contributed by atoms with van der Waals surface area (Å²) in [5, 5.41) is 9.53. The molecule has 3 aromatic rings. The lowest BCUT2D eigenvalue weighted by Gasteiger charge is -2.28. The third kappa shape index (κ3) is 5.00. The highest BCUT2D eigenvalue weighted by Gasteiger charge is 2.26. The van der Waals surface area contributed by atoms with Gasteiger partial charge in [-0.05, 0) is 67.8 Å². The van der Waals surface area contributed by atoms with E-state index in [2.05, 4.69) is 0 Å². The molecule has 0 radical (unpaired) electrons. The van der Waals surface area contributed by atoms with Gasteiger partial charge in [-0.25, -0.2) is 13.6 Å². The van der Waals surface area contributed by atoms with Crippen LogP contribution < -0.4 is 9.64 Å². The summed E-state index contributed by atoms with van der Waals surface area (Å²) in [5.41, 5.74) is 4.68. The highest BCUT2D eigenvalue weighted by molar-refractivity contribution is 5.78. The first-order chi connectivity index (χ1) is 15.5. The van der Waals surface area contributed by atoms with Crippen LogP contribution in [0.2, 0.25) is 0 Å². The van der Waals surface area contributed by atoms with Crippen LogP contribution in [0, 0.1) is 38.3 Å². The fourth-order valence-corrected chi connectivity index (χ4v) is 4.04. The molecule has 0 saturated heterocycles. The van der Waals surface area contributed by atoms with Gasteiger partial charge in [-0.1, -0.05) is 32.0 Å². The van der Waals surface area contributed by atoms with Crippen LogP contribution in [0.1, 0.15) is 30.5 Å². The summed E-state index contributed by atoms with van der Waals surface area (Å²) in [6, 6.07) is 12.9. The Morgan fingerprint density at radius 3 is 2.27 bits per heavy atom. The highest BCUT2D eigenvalue weighted by atomic mass is 19.1. The zero-order chi connectivity index (χ0) is 24.4. The van der Waals surface area contributed by atoms with Gasteiger partial charge in [-0.15, -0.1) is 0 Å². The van der Waals surface area contributed by atoms with Crippen molar-refractivity contribution < 1.29 is 23.4 Å². The minimum Gasteiger partial charge on any atom is -0.478 e. The van der Waals surface area contributed by atoms with Gasteiger partial charge < -0.3 is 14.7 Å². The maximum absolute atomic E-state index is 14.9. The summed E-state index contributed by atoms with van der Waals surface area (Å²) >= 11 is 0. The van der Waals surface area contributed by atoms with Crippen molar-refractivity contribution in [2.75, 3.05) is 11.9 Å². The van der Waals surface area contributed by atoms with Crippen molar-refractivity contribution in [3.63, 3.8) is 0 Å². The molecule has 174 valence electrons. The second-order valence-electron chi connectivity index (χ2n) is 8.65. The first-order valence-electron chi connectivity index (χ1n) is 10.8. The molecular formula is C27H29F2NO3. The van der Waals surface area contributed by atoms with Crippen molar-refractivity contribution in [2.45, 2.75) is 40.7 Å². The number of hydrogen-bond acceptors (Lipinski definition) is 3. The van der Waals surface area contributed by atoms with Gasteiger partial charge in [0.05, 0.1) is 5.69 Å². The number of carboxylic acids is 1. The Morgan fingerprint density at radius 1 is 0.970 bits per heavy atom. The second-order valence-corrected chi connectivity index (χ2v) is 8.65. The molecule has 0 saturated carbocycles. The fourth-order valence-electron chi connectivity index (χ4n) is 4.04. The molecule has 4 nitrogen and oxygen atoms in total. The van der Waals surface area contributed by atoms with Crippen LogP contribution in [0.4, 0.5) is 20.2 Å². The van der Waals surface area contributed by atoms with Crippen LogP contribution >= 0.6 is 0 Å². The van der Waals surface area contributed by atoms with Gasteiger partial charge in [0.2, 0.25) is 0 Å². The molecule has 1 atom stereocenters. The lowest BCUT2D eigenvalue weighted by atomic mass is 10.00. The third-order valence-corrected chi connectivity index (χ3v) is 5.86. The Hall–Kier alpha value is -3.41. The van der Waals surface area contributed by atoms with E-state index < -0.39 is 23.7 Å². The monoisotopic (exact) mass is 453 g/mol. The van der Waals surface area contributed by atoms with E-state index in [1.165, 1.54) is 18.2 Å². The molecule has 33 heavy (non-hydrogen) atoms. The van der Waals surface area contributed by atoms with Gasteiger partial charge in [-0.2, -0.15) is 0 Å². The summed E-state index contributed by atoms with van der Waals surface area (Å²) in [6.07, 6.45) is -0.986. The number of anilines is 2. The quantitative estimate of drug-likeness (QED) is 0.427. The Labute approximate surface area is 193 Å². The summed E-state index contributed by atoms with van der Waals surface area (Å²) in [6.45, 7) is 9.07. The summed E-state index contributed by atoms with van der Waals surface area (Å²) in [7, 11) is 1.83. The lowest BCUT2D eigenvalue weighted by Crippen LogP contribution is -2.32. The summed E-state index contributed by atoms with van der Waals surface area (Å²) < 4.78 is 34.6. The van der Waals surface area contributed by atoms with Crippen molar-refractivity contribution in [2.24, 2.45) is 5.92 Å². The third-order valence-electron chi connectivity index (χ3n) is 5.86. The largest absolute Gasteiger partial charge is 0.478 e. The number of aliphatic carboxylic acids is 1. The summed E-state index contributed by atoms with van der Waals surface area (Å²) in [5.74, 6) is -1.57. The fraction of sp³-hybridized carbons (Fsp3) is 0.296. The van der Waals surface area contributed by atoms with Gasteiger partial charge in [0.25, 0.3) is 0 Å². The minimum atomic E-state index is -1.03. The summed E-state index contributed by atoms with van der Waals surface area (Å²) in [4.78, 5) is 13.5.